The van der Waals surface area contributed by atoms with E-state index in [2.05, 4.69) is 13.0 Å². The summed E-state index contributed by atoms with van der Waals surface area (Å²) in [6.07, 6.45) is 7.01. The molecule has 0 bridgehead atoms. The first-order chi connectivity index (χ1) is 4.83. The van der Waals surface area contributed by atoms with Gasteiger partial charge in [-0.3, -0.25) is 0 Å². The monoisotopic (exact) mass is 140 g/mol. The van der Waals surface area contributed by atoms with Crippen molar-refractivity contribution in [2.45, 2.75) is 32.6 Å². The van der Waals surface area contributed by atoms with Crippen LogP contribution < -0.4 is 0 Å². The smallest absolute Gasteiger partial charge is 0.0433 e. The highest BCUT2D eigenvalue weighted by Gasteiger charge is 2.11. The second-order valence-electron chi connectivity index (χ2n) is 3.21. The highest BCUT2D eigenvalue weighted by atomic mass is 16.3. The van der Waals surface area contributed by atoms with Crippen LogP contribution in [0.15, 0.2) is 11.6 Å². The lowest BCUT2D eigenvalue weighted by Crippen LogP contribution is -2.07. The van der Waals surface area contributed by atoms with E-state index in [1.807, 2.05) is 0 Å². The van der Waals surface area contributed by atoms with Crippen molar-refractivity contribution in [1.82, 2.24) is 0 Å². The fourth-order valence-corrected chi connectivity index (χ4v) is 1.64. The Labute approximate surface area is 62.8 Å². The summed E-state index contributed by atoms with van der Waals surface area (Å²) >= 11 is 0. The van der Waals surface area contributed by atoms with Crippen LogP contribution in [0.25, 0.3) is 0 Å². The molecule has 10 heavy (non-hydrogen) atoms. The van der Waals surface area contributed by atoms with E-state index >= 15 is 0 Å². The molecular weight excluding hydrogens is 124 g/mol. The van der Waals surface area contributed by atoms with Gasteiger partial charge in [0.1, 0.15) is 0 Å². The van der Waals surface area contributed by atoms with Crippen LogP contribution in [-0.4, -0.2) is 11.7 Å². The molecule has 0 fully saturated rings. The molecule has 0 heterocycles. The molecule has 0 saturated heterocycles. The lowest BCUT2D eigenvalue weighted by molar-refractivity contribution is 0.249. The summed E-state index contributed by atoms with van der Waals surface area (Å²) in [6, 6.07) is 0. The van der Waals surface area contributed by atoms with Crippen LogP contribution in [0.3, 0.4) is 0 Å². The Bertz CT molecular complexity index is 127. The highest BCUT2D eigenvalue weighted by molar-refractivity contribution is 5.02. The topological polar surface area (TPSA) is 20.2 Å². The molecule has 0 saturated carbocycles. The van der Waals surface area contributed by atoms with E-state index in [4.69, 9.17) is 5.11 Å². The van der Waals surface area contributed by atoms with Crippen molar-refractivity contribution in [3.05, 3.63) is 11.6 Å². The van der Waals surface area contributed by atoms with Crippen molar-refractivity contribution in [2.75, 3.05) is 6.61 Å². The highest BCUT2D eigenvalue weighted by Crippen LogP contribution is 2.25. The van der Waals surface area contributed by atoms with Gasteiger partial charge < -0.3 is 5.11 Å². The number of rotatable bonds is 2. The van der Waals surface area contributed by atoms with Crippen LogP contribution >= 0.6 is 0 Å². The molecule has 1 aliphatic carbocycles. The van der Waals surface area contributed by atoms with Crippen LogP contribution in [0, 0.1) is 5.92 Å². The zero-order valence-electron chi connectivity index (χ0n) is 6.64. The second-order valence-corrected chi connectivity index (χ2v) is 3.21. The molecule has 1 heteroatoms. The van der Waals surface area contributed by atoms with Crippen molar-refractivity contribution in [3.63, 3.8) is 0 Å². The third-order valence-corrected chi connectivity index (χ3v) is 2.22. The van der Waals surface area contributed by atoms with Gasteiger partial charge in [0.2, 0.25) is 0 Å². The van der Waals surface area contributed by atoms with Crippen LogP contribution in [0.4, 0.5) is 0 Å². The molecule has 1 rings (SSSR count). The summed E-state index contributed by atoms with van der Waals surface area (Å²) in [6.45, 7) is 2.54. The number of hydrogen-bond acceptors (Lipinski definition) is 1. The van der Waals surface area contributed by atoms with Crippen molar-refractivity contribution < 1.29 is 5.11 Å². The minimum Gasteiger partial charge on any atom is -0.396 e. The Morgan fingerprint density at radius 1 is 1.70 bits per heavy atom. The van der Waals surface area contributed by atoms with Crippen LogP contribution in [0.5, 0.6) is 0 Å². The maximum absolute atomic E-state index is 8.69. The molecule has 0 aliphatic heterocycles. The van der Waals surface area contributed by atoms with E-state index in [-0.39, 0.29) is 0 Å². The van der Waals surface area contributed by atoms with Gasteiger partial charge in [-0.1, -0.05) is 11.6 Å². The first-order valence-electron chi connectivity index (χ1n) is 4.09. The van der Waals surface area contributed by atoms with Crippen molar-refractivity contribution >= 4 is 0 Å². The summed E-state index contributed by atoms with van der Waals surface area (Å²) < 4.78 is 0. The standard InChI is InChI=1S/C9H16O/c1-8-3-2-4-9(7-8)5-6-10/h3,9-10H,2,4-7H2,1H3. The molecule has 0 aromatic rings. The molecule has 1 N–H and O–H groups in total. The molecule has 1 aliphatic rings. The number of hydrogen-bond donors (Lipinski definition) is 1. The maximum Gasteiger partial charge on any atom is 0.0433 e. The molecule has 1 atom stereocenters. The fraction of sp³-hybridized carbons (Fsp3) is 0.778. The molecule has 0 spiro atoms. The van der Waals surface area contributed by atoms with Crippen LogP contribution in [0.2, 0.25) is 0 Å². The Morgan fingerprint density at radius 2 is 2.50 bits per heavy atom. The number of aliphatic hydroxyl groups excluding tert-OH is 1. The second kappa shape index (κ2) is 3.77. The predicted octanol–water partition coefficient (Wildman–Crippen LogP) is 2.12. The minimum absolute atomic E-state index is 0.359. The van der Waals surface area contributed by atoms with Crippen molar-refractivity contribution in [1.29, 1.82) is 0 Å². The van der Waals surface area contributed by atoms with Gasteiger partial charge in [0, 0.05) is 6.61 Å². The summed E-state index contributed by atoms with van der Waals surface area (Å²) in [4.78, 5) is 0. The van der Waals surface area contributed by atoms with Crippen molar-refractivity contribution in [3.8, 4) is 0 Å². The van der Waals surface area contributed by atoms with Crippen LogP contribution in [-0.2, 0) is 0 Å². The van der Waals surface area contributed by atoms with Gasteiger partial charge in [-0.05, 0) is 38.5 Å². The third kappa shape index (κ3) is 2.14. The first kappa shape index (κ1) is 7.80. The average Bonchev–Trinajstić information content (AvgIpc) is 1.88. The molecule has 0 aromatic carbocycles. The summed E-state index contributed by atoms with van der Waals surface area (Å²) in [7, 11) is 0. The molecule has 1 nitrogen and oxygen atoms in total. The average molecular weight is 140 g/mol. The summed E-state index contributed by atoms with van der Waals surface area (Å²) in [5.74, 6) is 0.759. The van der Waals surface area contributed by atoms with E-state index < -0.39 is 0 Å². The predicted molar refractivity (Wildman–Crippen MR) is 42.8 cm³/mol. The lowest BCUT2D eigenvalue weighted by atomic mass is 9.87. The zero-order valence-corrected chi connectivity index (χ0v) is 6.64. The summed E-state index contributed by atoms with van der Waals surface area (Å²) in [5.41, 5.74) is 1.50. The Kier molecular flexibility index (Phi) is 2.94. The molecule has 0 radical (unpaired) electrons. The van der Waals surface area contributed by atoms with Gasteiger partial charge in [-0.25, -0.2) is 0 Å². The fourth-order valence-electron chi connectivity index (χ4n) is 1.64. The third-order valence-electron chi connectivity index (χ3n) is 2.22. The van der Waals surface area contributed by atoms with Crippen molar-refractivity contribution in [2.24, 2.45) is 5.92 Å². The molecule has 0 amide bonds. The summed E-state index contributed by atoms with van der Waals surface area (Å²) in [5, 5.41) is 8.69. The van der Waals surface area contributed by atoms with Gasteiger partial charge in [-0.15, -0.1) is 0 Å². The molecular formula is C9H16O. The van der Waals surface area contributed by atoms with E-state index in [9.17, 15) is 0 Å². The van der Waals surface area contributed by atoms with Gasteiger partial charge in [0.05, 0.1) is 0 Å². The first-order valence-corrected chi connectivity index (χ1v) is 4.09. The van der Waals surface area contributed by atoms with E-state index in [0.717, 1.165) is 12.3 Å². The largest absolute Gasteiger partial charge is 0.396 e. The molecule has 58 valence electrons. The van der Waals surface area contributed by atoms with Gasteiger partial charge in [0.25, 0.3) is 0 Å². The van der Waals surface area contributed by atoms with E-state index in [0.29, 0.717) is 6.61 Å². The van der Waals surface area contributed by atoms with E-state index in [1.165, 1.54) is 24.8 Å². The normalized spacial score (nSPS) is 26.2. The Hall–Kier alpha value is -0.300. The van der Waals surface area contributed by atoms with Gasteiger partial charge in [-0.2, -0.15) is 0 Å². The zero-order chi connectivity index (χ0) is 7.40. The van der Waals surface area contributed by atoms with Gasteiger partial charge >= 0.3 is 0 Å². The van der Waals surface area contributed by atoms with Crippen LogP contribution in [0.1, 0.15) is 32.6 Å². The lowest BCUT2D eigenvalue weighted by Gasteiger charge is -2.19. The SMILES string of the molecule is CC1=CCCC(CCO)C1. The van der Waals surface area contributed by atoms with E-state index in [1.54, 1.807) is 0 Å². The minimum atomic E-state index is 0.359. The quantitative estimate of drug-likeness (QED) is 0.582. The molecule has 1 unspecified atom stereocenters. The Morgan fingerprint density at radius 3 is 3.10 bits per heavy atom. The molecule has 0 aromatic heterocycles. The number of aliphatic hydroxyl groups is 1. The van der Waals surface area contributed by atoms with Gasteiger partial charge in [0.15, 0.2) is 0 Å². The Balaban J connectivity index is 2.30. The number of allylic oxidation sites excluding steroid dienone is 2. The maximum atomic E-state index is 8.69.